The van der Waals surface area contributed by atoms with Crippen LogP contribution in [0.5, 0.6) is 0 Å². The molecule has 8 heteroatoms. The van der Waals surface area contributed by atoms with Gasteiger partial charge in [-0.1, -0.05) is 6.07 Å². The van der Waals surface area contributed by atoms with Gasteiger partial charge in [-0.05, 0) is 48.9 Å². The second-order valence-corrected chi connectivity index (χ2v) is 7.55. The van der Waals surface area contributed by atoms with Crippen molar-refractivity contribution < 1.29 is 22.3 Å². The second kappa shape index (κ2) is 8.77. The summed E-state index contributed by atoms with van der Waals surface area (Å²) in [6.07, 6.45) is 0.660. The maximum absolute atomic E-state index is 13.0. The van der Waals surface area contributed by atoms with Crippen LogP contribution < -0.4 is 9.62 Å². The predicted octanol–water partition coefficient (Wildman–Crippen LogP) is 2.42. The Morgan fingerprint density at radius 2 is 1.88 bits per heavy atom. The number of halogens is 1. The SMILES string of the molecule is COCCCNC(=O)c1cccc(S(=O)(=O)N(C)c2ccc(F)cc2)c1. The number of nitrogens with zero attached hydrogens (tertiary/aromatic N) is 1. The van der Waals surface area contributed by atoms with Crippen molar-refractivity contribution in [3.05, 3.63) is 59.9 Å². The van der Waals surface area contributed by atoms with Crippen LogP contribution in [-0.2, 0) is 14.8 Å². The van der Waals surface area contributed by atoms with Crippen LogP contribution in [0.15, 0.2) is 53.4 Å². The normalized spacial score (nSPS) is 11.2. The minimum absolute atomic E-state index is 0.0196. The zero-order valence-corrected chi connectivity index (χ0v) is 15.4. The summed E-state index contributed by atoms with van der Waals surface area (Å²) in [5.41, 5.74) is 0.566. The Kier molecular flexibility index (Phi) is 6.70. The Hall–Kier alpha value is -2.45. The van der Waals surface area contributed by atoms with E-state index in [1.165, 1.54) is 49.5 Å². The Labute approximate surface area is 152 Å². The van der Waals surface area contributed by atoms with Crippen LogP contribution in [0.2, 0.25) is 0 Å². The molecule has 2 aromatic rings. The molecule has 0 radical (unpaired) electrons. The molecule has 0 spiro atoms. The molecule has 26 heavy (non-hydrogen) atoms. The van der Waals surface area contributed by atoms with E-state index in [9.17, 15) is 17.6 Å². The minimum Gasteiger partial charge on any atom is -0.385 e. The molecule has 0 bridgehead atoms. The molecule has 0 unspecified atom stereocenters. The Morgan fingerprint density at radius 3 is 2.54 bits per heavy atom. The third-order valence-corrected chi connectivity index (χ3v) is 5.54. The number of hydrogen-bond acceptors (Lipinski definition) is 4. The largest absolute Gasteiger partial charge is 0.385 e. The number of hydrogen-bond donors (Lipinski definition) is 1. The molecule has 2 rings (SSSR count). The first-order valence-electron chi connectivity index (χ1n) is 7.98. The van der Waals surface area contributed by atoms with Crippen LogP contribution in [0.3, 0.4) is 0 Å². The number of carbonyl (C=O) groups is 1. The summed E-state index contributed by atoms with van der Waals surface area (Å²) in [6, 6.07) is 10.9. The molecule has 0 saturated carbocycles. The Balaban J connectivity index is 2.19. The van der Waals surface area contributed by atoms with Gasteiger partial charge in [-0.2, -0.15) is 0 Å². The average Bonchev–Trinajstić information content (AvgIpc) is 2.65. The summed E-state index contributed by atoms with van der Waals surface area (Å²) in [5, 5.41) is 2.71. The number of anilines is 1. The maximum Gasteiger partial charge on any atom is 0.264 e. The van der Waals surface area contributed by atoms with E-state index in [1.807, 2.05) is 0 Å². The standard InChI is InChI=1S/C18H21FN2O4S/c1-21(16-9-7-15(19)8-10-16)26(23,24)17-6-3-5-14(13-17)18(22)20-11-4-12-25-2/h3,5-10,13H,4,11-12H2,1-2H3,(H,20,22). The third-order valence-electron chi connectivity index (χ3n) is 3.76. The van der Waals surface area contributed by atoms with Gasteiger partial charge in [0.1, 0.15) is 5.82 Å². The van der Waals surface area contributed by atoms with Gasteiger partial charge in [0.25, 0.3) is 15.9 Å². The highest BCUT2D eigenvalue weighted by Crippen LogP contribution is 2.22. The fraction of sp³-hybridized carbons (Fsp3) is 0.278. The van der Waals surface area contributed by atoms with Gasteiger partial charge in [0, 0.05) is 32.9 Å². The van der Waals surface area contributed by atoms with Crippen molar-refractivity contribution >= 4 is 21.6 Å². The molecule has 140 valence electrons. The van der Waals surface area contributed by atoms with Crippen molar-refractivity contribution in [1.29, 1.82) is 0 Å². The van der Waals surface area contributed by atoms with Gasteiger partial charge in [0.15, 0.2) is 0 Å². The molecule has 0 fully saturated rings. The van der Waals surface area contributed by atoms with Crippen molar-refractivity contribution in [2.24, 2.45) is 0 Å². The van der Waals surface area contributed by atoms with Crippen molar-refractivity contribution in [3.63, 3.8) is 0 Å². The quantitative estimate of drug-likeness (QED) is 0.714. The van der Waals surface area contributed by atoms with Gasteiger partial charge in [-0.25, -0.2) is 12.8 Å². The van der Waals surface area contributed by atoms with Crippen molar-refractivity contribution in [2.75, 3.05) is 31.6 Å². The van der Waals surface area contributed by atoms with Crippen molar-refractivity contribution in [3.8, 4) is 0 Å². The molecule has 6 nitrogen and oxygen atoms in total. The lowest BCUT2D eigenvalue weighted by molar-refractivity contribution is 0.0948. The molecular weight excluding hydrogens is 359 g/mol. The topological polar surface area (TPSA) is 75.7 Å². The summed E-state index contributed by atoms with van der Waals surface area (Å²) < 4.78 is 44.5. The van der Waals surface area contributed by atoms with Gasteiger partial charge in [0.2, 0.25) is 0 Å². The fourth-order valence-corrected chi connectivity index (χ4v) is 3.51. The smallest absolute Gasteiger partial charge is 0.264 e. The number of benzene rings is 2. The number of ether oxygens (including phenoxy) is 1. The highest BCUT2D eigenvalue weighted by atomic mass is 32.2. The first kappa shape index (κ1) is 19.9. The van der Waals surface area contributed by atoms with E-state index in [2.05, 4.69) is 5.32 Å². The fourth-order valence-electron chi connectivity index (χ4n) is 2.27. The summed E-state index contributed by atoms with van der Waals surface area (Å²) in [4.78, 5) is 12.1. The van der Waals surface area contributed by atoms with Crippen LogP contribution in [-0.4, -0.2) is 41.6 Å². The first-order valence-corrected chi connectivity index (χ1v) is 9.42. The van der Waals surface area contributed by atoms with Crippen LogP contribution >= 0.6 is 0 Å². The molecule has 0 aliphatic rings. The third kappa shape index (κ3) is 4.80. The number of rotatable bonds is 8. The van der Waals surface area contributed by atoms with Crippen LogP contribution in [0.25, 0.3) is 0 Å². The first-order chi connectivity index (χ1) is 12.4. The molecule has 2 aromatic carbocycles. The second-order valence-electron chi connectivity index (χ2n) is 5.58. The summed E-state index contributed by atoms with van der Waals surface area (Å²) in [6.45, 7) is 0.955. The van der Waals surface area contributed by atoms with E-state index in [0.29, 0.717) is 25.3 Å². The zero-order valence-electron chi connectivity index (χ0n) is 14.6. The molecule has 0 aromatic heterocycles. The summed E-state index contributed by atoms with van der Waals surface area (Å²) in [7, 11) is -0.927. The van der Waals surface area contributed by atoms with Crippen molar-refractivity contribution in [1.82, 2.24) is 5.32 Å². The lowest BCUT2D eigenvalue weighted by Gasteiger charge is -2.19. The van der Waals surface area contributed by atoms with E-state index < -0.39 is 15.8 Å². The highest BCUT2D eigenvalue weighted by molar-refractivity contribution is 7.92. The van der Waals surface area contributed by atoms with E-state index in [4.69, 9.17) is 4.74 Å². The average molecular weight is 380 g/mol. The Morgan fingerprint density at radius 1 is 1.19 bits per heavy atom. The number of carbonyl (C=O) groups excluding carboxylic acids is 1. The molecule has 0 saturated heterocycles. The molecule has 0 aliphatic heterocycles. The number of nitrogens with one attached hydrogen (secondary N) is 1. The number of methoxy groups -OCH3 is 1. The van der Waals surface area contributed by atoms with Gasteiger partial charge in [-0.15, -0.1) is 0 Å². The minimum atomic E-state index is -3.88. The van der Waals surface area contributed by atoms with Crippen LogP contribution in [0.4, 0.5) is 10.1 Å². The maximum atomic E-state index is 13.0. The molecular formula is C18H21FN2O4S. The lowest BCUT2D eigenvalue weighted by atomic mass is 10.2. The lowest BCUT2D eigenvalue weighted by Crippen LogP contribution is -2.28. The summed E-state index contributed by atoms with van der Waals surface area (Å²) >= 11 is 0. The Bertz CT molecular complexity index is 854. The summed E-state index contributed by atoms with van der Waals surface area (Å²) in [5.74, 6) is -0.811. The van der Waals surface area contributed by atoms with E-state index in [0.717, 1.165) is 4.31 Å². The zero-order chi connectivity index (χ0) is 19.2. The molecule has 0 heterocycles. The van der Waals surface area contributed by atoms with Crippen molar-refractivity contribution in [2.45, 2.75) is 11.3 Å². The monoisotopic (exact) mass is 380 g/mol. The molecule has 0 aliphatic carbocycles. The molecule has 0 atom stereocenters. The molecule has 1 N–H and O–H groups in total. The van der Waals surface area contributed by atoms with E-state index >= 15 is 0 Å². The van der Waals surface area contributed by atoms with Crippen LogP contribution in [0.1, 0.15) is 16.8 Å². The predicted molar refractivity (Wildman–Crippen MR) is 97.3 cm³/mol. The highest BCUT2D eigenvalue weighted by Gasteiger charge is 2.22. The van der Waals surface area contributed by atoms with E-state index in [1.54, 1.807) is 13.2 Å². The molecule has 1 amide bonds. The van der Waals surface area contributed by atoms with Gasteiger partial charge >= 0.3 is 0 Å². The number of amides is 1. The van der Waals surface area contributed by atoms with Gasteiger partial charge < -0.3 is 10.1 Å². The van der Waals surface area contributed by atoms with Gasteiger partial charge in [-0.3, -0.25) is 9.10 Å². The van der Waals surface area contributed by atoms with E-state index in [-0.39, 0.29) is 16.4 Å². The van der Waals surface area contributed by atoms with Crippen LogP contribution in [0, 0.1) is 5.82 Å². The van der Waals surface area contributed by atoms with Gasteiger partial charge in [0.05, 0.1) is 10.6 Å². The number of sulfonamides is 1.